The van der Waals surface area contributed by atoms with Crippen molar-refractivity contribution in [2.24, 2.45) is 0 Å². The fraction of sp³-hybridized carbons (Fsp3) is 0.147. The number of fused-ring (bicyclic) bond motifs is 6. The van der Waals surface area contributed by atoms with E-state index >= 15 is 0 Å². The van der Waals surface area contributed by atoms with Crippen molar-refractivity contribution in [1.82, 2.24) is 0 Å². The minimum atomic E-state index is -0.294. The van der Waals surface area contributed by atoms with E-state index < -0.39 is 0 Å². The third-order valence-electron chi connectivity index (χ3n) is 15.9. The Labute approximate surface area is 419 Å². The summed E-state index contributed by atoms with van der Waals surface area (Å²) in [6.45, 7) is 9.72. The SMILES string of the molecule is CC1(C)c2ccccc2N2c3ccc(-c4ccc(N(c5ccccc5)c5ccc6c(c5)CCC=C6)cc4)cc3C(C)(C)c3cc(C4=CCC(N(c5ccccc5)c5ccc6ccccc6c5)C=C4)cc1c32. The van der Waals surface area contributed by atoms with E-state index in [0.717, 1.165) is 30.6 Å². The van der Waals surface area contributed by atoms with Crippen LogP contribution in [0.2, 0.25) is 0 Å². The van der Waals surface area contributed by atoms with Crippen molar-refractivity contribution in [2.75, 3.05) is 14.7 Å². The van der Waals surface area contributed by atoms with Crippen LogP contribution in [0.1, 0.15) is 79.5 Å². The molecule has 3 heteroatoms. The Hall–Kier alpha value is -8.14. The van der Waals surface area contributed by atoms with Crippen LogP contribution in [-0.4, -0.2) is 6.04 Å². The number of anilines is 8. The fourth-order valence-corrected chi connectivity index (χ4v) is 12.1. The predicted octanol–water partition coefficient (Wildman–Crippen LogP) is 18.2. The van der Waals surface area contributed by atoms with Crippen molar-refractivity contribution in [3.05, 3.63) is 263 Å². The lowest BCUT2D eigenvalue weighted by atomic mass is 9.65. The van der Waals surface area contributed by atoms with Gasteiger partial charge in [-0.15, -0.1) is 0 Å². The number of rotatable bonds is 8. The first-order chi connectivity index (χ1) is 34.7. The summed E-state index contributed by atoms with van der Waals surface area (Å²) >= 11 is 0. The lowest BCUT2D eigenvalue weighted by molar-refractivity contribution is 0.597. The molecule has 2 aliphatic carbocycles. The second kappa shape index (κ2) is 16.8. The average molecular weight is 916 g/mol. The van der Waals surface area contributed by atoms with Gasteiger partial charge in [0.05, 0.1) is 23.1 Å². The second-order valence-corrected chi connectivity index (χ2v) is 20.9. The van der Waals surface area contributed by atoms with Gasteiger partial charge in [0.2, 0.25) is 0 Å². The molecule has 2 heterocycles. The summed E-state index contributed by atoms with van der Waals surface area (Å²) in [5, 5.41) is 2.51. The summed E-state index contributed by atoms with van der Waals surface area (Å²) < 4.78 is 0. The number of benzene rings is 9. The highest BCUT2D eigenvalue weighted by Gasteiger charge is 2.46. The predicted molar refractivity (Wildman–Crippen MR) is 301 cm³/mol. The Morgan fingerprint density at radius 1 is 0.465 bits per heavy atom. The molecule has 0 spiro atoms. The van der Waals surface area contributed by atoms with Crippen molar-refractivity contribution < 1.29 is 0 Å². The first-order valence-corrected chi connectivity index (χ1v) is 25.4. The Balaban J connectivity index is 0.878. The monoisotopic (exact) mass is 915 g/mol. The second-order valence-electron chi connectivity index (χ2n) is 20.9. The quantitative estimate of drug-likeness (QED) is 0.150. The third kappa shape index (κ3) is 7.17. The molecule has 9 aromatic rings. The molecule has 13 rings (SSSR count). The molecule has 71 heavy (non-hydrogen) atoms. The zero-order valence-electron chi connectivity index (χ0n) is 41.0. The van der Waals surface area contributed by atoms with E-state index in [1.807, 2.05) is 0 Å². The summed E-state index contributed by atoms with van der Waals surface area (Å²) in [4.78, 5) is 7.47. The molecule has 0 saturated heterocycles. The zero-order chi connectivity index (χ0) is 47.8. The van der Waals surface area contributed by atoms with Gasteiger partial charge in [-0.2, -0.15) is 0 Å². The number of nitrogens with zero attached hydrogens (tertiary/aromatic N) is 3. The molecule has 0 N–H and O–H groups in total. The van der Waals surface area contributed by atoms with Gasteiger partial charge < -0.3 is 14.7 Å². The van der Waals surface area contributed by atoms with Crippen molar-refractivity contribution in [1.29, 1.82) is 0 Å². The maximum atomic E-state index is 2.58. The minimum absolute atomic E-state index is 0.163. The number of hydrogen-bond acceptors (Lipinski definition) is 3. The lowest BCUT2D eigenvalue weighted by Crippen LogP contribution is -2.38. The summed E-state index contributed by atoms with van der Waals surface area (Å²) in [6, 6.07) is 74.7. The Morgan fingerprint density at radius 2 is 1.08 bits per heavy atom. The Morgan fingerprint density at radius 3 is 1.85 bits per heavy atom. The molecule has 0 saturated carbocycles. The highest BCUT2D eigenvalue weighted by molar-refractivity contribution is 5.96. The molecule has 2 aliphatic heterocycles. The minimum Gasteiger partial charge on any atom is -0.334 e. The molecule has 4 aliphatic rings. The van der Waals surface area contributed by atoms with Gasteiger partial charge in [0.15, 0.2) is 0 Å². The Bertz CT molecular complexity index is 3630. The van der Waals surface area contributed by atoms with Crippen LogP contribution >= 0.6 is 0 Å². The van der Waals surface area contributed by atoms with Gasteiger partial charge in [-0.05, 0) is 177 Å². The molecule has 9 aromatic carbocycles. The number of hydrogen-bond donors (Lipinski definition) is 0. The lowest BCUT2D eigenvalue weighted by Gasteiger charge is -2.50. The van der Waals surface area contributed by atoms with Crippen molar-refractivity contribution in [2.45, 2.75) is 63.8 Å². The van der Waals surface area contributed by atoms with E-state index in [9.17, 15) is 0 Å². The molecule has 344 valence electrons. The summed E-state index contributed by atoms with van der Waals surface area (Å²) in [5.74, 6) is 0. The molecular formula is C68H57N3. The van der Waals surface area contributed by atoms with Crippen LogP contribution in [0.4, 0.5) is 45.5 Å². The largest absolute Gasteiger partial charge is 0.334 e. The average Bonchev–Trinajstić information content (AvgIpc) is 3.42. The van der Waals surface area contributed by atoms with Crippen LogP contribution in [0.3, 0.4) is 0 Å². The zero-order valence-corrected chi connectivity index (χ0v) is 41.0. The van der Waals surface area contributed by atoms with Crippen LogP contribution in [0.5, 0.6) is 0 Å². The maximum absolute atomic E-state index is 2.58. The van der Waals surface area contributed by atoms with Gasteiger partial charge in [0.25, 0.3) is 0 Å². The van der Waals surface area contributed by atoms with E-state index in [0.29, 0.717) is 0 Å². The molecular weight excluding hydrogens is 859 g/mol. The number of aryl methyl sites for hydroxylation is 1. The molecule has 0 amide bonds. The van der Waals surface area contributed by atoms with E-state index in [1.165, 1.54) is 101 Å². The third-order valence-corrected chi connectivity index (χ3v) is 15.9. The van der Waals surface area contributed by atoms with Gasteiger partial charge in [-0.25, -0.2) is 0 Å². The van der Waals surface area contributed by atoms with E-state index in [2.05, 4.69) is 273 Å². The normalized spacial score (nSPS) is 16.6. The molecule has 1 unspecified atom stereocenters. The molecule has 1 atom stereocenters. The molecule has 0 bridgehead atoms. The topological polar surface area (TPSA) is 9.72 Å². The smallest absolute Gasteiger partial charge is 0.0560 e. The van der Waals surface area contributed by atoms with E-state index in [1.54, 1.807) is 0 Å². The first-order valence-electron chi connectivity index (χ1n) is 25.4. The van der Waals surface area contributed by atoms with Crippen LogP contribution in [0.15, 0.2) is 224 Å². The number of allylic oxidation sites excluding steroid dienone is 3. The van der Waals surface area contributed by atoms with Gasteiger partial charge in [-0.3, -0.25) is 0 Å². The van der Waals surface area contributed by atoms with Gasteiger partial charge in [0, 0.05) is 39.3 Å². The molecule has 3 nitrogen and oxygen atoms in total. The molecule has 0 fully saturated rings. The van der Waals surface area contributed by atoms with Crippen molar-refractivity contribution in [3.63, 3.8) is 0 Å². The highest BCUT2D eigenvalue weighted by Crippen LogP contribution is 2.61. The standard InChI is InChI=1S/C68H57N3/c1-67(2)60-25-15-16-26-64(60)71-65-40-33-52(48-27-34-56(35-28-48)69(54-21-7-5-8-22-54)58-38-31-46-17-11-13-19-50(46)41-58)43-61(65)68(3,4)63-45-53(44-62(67)66(63)71)49-29-36-57(37-30-49)70(55-23-9-6-10-24-55)59-39-32-47-18-12-14-20-51(47)42-59/h5-12,14-18,20-36,38-45,57H,13,19,37H2,1-4H3. The molecule has 0 radical (unpaired) electrons. The van der Waals surface area contributed by atoms with Gasteiger partial charge >= 0.3 is 0 Å². The van der Waals surface area contributed by atoms with Crippen LogP contribution in [0, 0.1) is 0 Å². The van der Waals surface area contributed by atoms with Gasteiger partial charge in [-0.1, -0.05) is 167 Å². The Kier molecular flexibility index (Phi) is 10.1. The fourth-order valence-electron chi connectivity index (χ4n) is 12.1. The first kappa shape index (κ1) is 42.9. The number of para-hydroxylation sites is 3. The van der Waals surface area contributed by atoms with Crippen LogP contribution < -0.4 is 14.7 Å². The van der Waals surface area contributed by atoms with Crippen molar-refractivity contribution in [3.8, 4) is 11.1 Å². The van der Waals surface area contributed by atoms with Crippen LogP contribution in [-0.2, 0) is 17.3 Å². The molecule has 0 aromatic heterocycles. The summed E-state index contributed by atoms with van der Waals surface area (Å²) in [7, 11) is 0. The maximum Gasteiger partial charge on any atom is 0.0560 e. The summed E-state index contributed by atoms with van der Waals surface area (Å²) in [5.41, 5.74) is 22.4. The van der Waals surface area contributed by atoms with Gasteiger partial charge in [0.1, 0.15) is 0 Å². The summed E-state index contributed by atoms with van der Waals surface area (Å²) in [6.07, 6.45) is 14.9. The van der Waals surface area contributed by atoms with E-state index in [4.69, 9.17) is 0 Å². The van der Waals surface area contributed by atoms with Crippen LogP contribution in [0.25, 0.3) is 33.5 Å². The van der Waals surface area contributed by atoms with E-state index in [-0.39, 0.29) is 16.9 Å². The van der Waals surface area contributed by atoms with Crippen molar-refractivity contribution >= 4 is 67.9 Å². The highest BCUT2D eigenvalue weighted by atomic mass is 15.2.